The van der Waals surface area contributed by atoms with Gasteiger partial charge in [0, 0.05) is 13.2 Å². The Balaban J connectivity index is 3.18. The van der Waals surface area contributed by atoms with E-state index in [2.05, 4.69) is 9.84 Å². The quantitative estimate of drug-likeness (QED) is 0.442. The summed E-state index contributed by atoms with van der Waals surface area (Å²) in [6.07, 6.45) is 0. The third kappa shape index (κ3) is 8.11. The lowest BCUT2D eigenvalue weighted by atomic mass is 10.7. The summed E-state index contributed by atoms with van der Waals surface area (Å²) in [5.74, 6) is 0. The van der Waals surface area contributed by atoms with Crippen molar-refractivity contribution in [2.75, 3.05) is 26.9 Å². The first-order chi connectivity index (χ1) is 4.06. The fourth-order valence-corrected chi connectivity index (χ4v) is 0.747. The lowest BCUT2D eigenvalue weighted by Gasteiger charge is -2.04. The summed E-state index contributed by atoms with van der Waals surface area (Å²) in [4.78, 5) is 8.55. The molecule has 0 bridgehead atoms. The molecule has 0 rings (SSSR count). The van der Waals surface area contributed by atoms with Crippen molar-refractivity contribution in [1.82, 2.24) is 5.32 Å². The smallest absolute Gasteiger partial charge is 0.324 e. The van der Waals surface area contributed by atoms with Gasteiger partial charge in [-0.3, -0.25) is 4.57 Å². The molecule has 0 spiro atoms. The molecule has 0 radical (unpaired) electrons. The van der Waals surface area contributed by atoms with Crippen molar-refractivity contribution in [3.05, 3.63) is 0 Å². The van der Waals surface area contributed by atoms with Crippen LogP contribution in [-0.2, 0) is 9.09 Å². The van der Waals surface area contributed by atoms with Gasteiger partial charge in [-0.15, -0.1) is 0 Å². The van der Waals surface area contributed by atoms with E-state index in [-0.39, 0.29) is 6.61 Å². The zero-order chi connectivity index (χ0) is 7.33. The van der Waals surface area contributed by atoms with Crippen LogP contribution in [0.25, 0.3) is 0 Å². The highest BCUT2D eigenvalue weighted by Gasteiger charge is 2.07. The average molecular weight is 153 g/mol. The van der Waals surface area contributed by atoms with Crippen molar-refractivity contribution in [3.63, 3.8) is 0 Å². The van der Waals surface area contributed by atoms with Crippen LogP contribution in [0.1, 0.15) is 0 Å². The first kappa shape index (κ1) is 9.11. The van der Waals surface area contributed by atoms with Crippen molar-refractivity contribution < 1.29 is 14.0 Å². The third-order valence-electron chi connectivity index (χ3n) is 0.683. The minimum Gasteiger partial charge on any atom is -0.324 e. The molecule has 0 aromatic rings. The predicted molar refractivity (Wildman–Crippen MR) is 35.6 cm³/mol. The zero-order valence-corrected chi connectivity index (χ0v) is 6.52. The van der Waals surface area contributed by atoms with Crippen LogP contribution in [0.15, 0.2) is 0 Å². The van der Waals surface area contributed by atoms with E-state index in [1.54, 1.807) is 7.05 Å². The summed E-state index contributed by atoms with van der Waals surface area (Å²) in [5, 5.41) is 2.78. The van der Waals surface area contributed by atoms with Gasteiger partial charge in [0.1, 0.15) is 0 Å². The van der Waals surface area contributed by atoms with Gasteiger partial charge in [-0.2, -0.15) is 0 Å². The Morgan fingerprint density at radius 3 is 2.67 bits per heavy atom. The van der Waals surface area contributed by atoms with E-state index < -0.39 is 7.60 Å². The SMILES string of the molecule is CNCCOP(C)(=O)O. The van der Waals surface area contributed by atoms with Crippen LogP contribution < -0.4 is 5.32 Å². The van der Waals surface area contributed by atoms with Crippen LogP contribution in [0.5, 0.6) is 0 Å². The third-order valence-corrected chi connectivity index (χ3v) is 1.34. The Morgan fingerprint density at radius 2 is 2.33 bits per heavy atom. The van der Waals surface area contributed by atoms with Gasteiger partial charge in [-0.05, 0) is 7.05 Å². The molecule has 0 aromatic heterocycles. The van der Waals surface area contributed by atoms with Crippen LogP contribution >= 0.6 is 7.60 Å². The second-order valence-corrected chi connectivity index (χ2v) is 3.60. The first-order valence-electron chi connectivity index (χ1n) is 2.65. The van der Waals surface area contributed by atoms with Crippen LogP contribution in [-0.4, -0.2) is 31.8 Å². The topological polar surface area (TPSA) is 58.6 Å². The lowest BCUT2D eigenvalue weighted by molar-refractivity contribution is 0.266. The summed E-state index contributed by atoms with van der Waals surface area (Å²) in [6.45, 7) is 2.04. The van der Waals surface area contributed by atoms with Crippen molar-refractivity contribution in [2.24, 2.45) is 0 Å². The number of nitrogens with one attached hydrogen (secondary N) is 1. The molecule has 5 heteroatoms. The van der Waals surface area contributed by atoms with Crippen LogP contribution in [0, 0.1) is 0 Å². The highest BCUT2D eigenvalue weighted by Crippen LogP contribution is 2.35. The monoisotopic (exact) mass is 153 g/mol. The molecule has 2 N–H and O–H groups in total. The number of hydrogen-bond donors (Lipinski definition) is 2. The van der Waals surface area contributed by atoms with Gasteiger partial charge >= 0.3 is 7.60 Å². The largest absolute Gasteiger partial charge is 0.325 e. The van der Waals surface area contributed by atoms with E-state index in [1.165, 1.54) is 6.66 Å². The summed E-state index contributed by atoms with van der Waals surface area (Å²) < 4.78 is 14.9. The number of likely N-dealkylation sites (N-methyl/N-ethyl adjacent to an activating group) is 1. The Bertz CT molecular complexity index is 110. The molecule has 0 aromatic carbocycles. The van der Waals surface area contributed by atoms with Gasteiger partial charge in [0.15, 0.2) is 0 Å². The van der Waals surface area contributed by atoms with E-state index in [1.807, 2.05) is 0 Å². The van der Waals surface area contributed by atoms with E-state index in [0.29, 0.717) is 6.54 Å². The second kappa shape index (κ2) is 4.01. The van der Waals surface area contributed by atoms with Crippen molar-refractivity contribution >= 4 is 7.60 Å². The standard InChI is InChI=1S/C4H12NO3P/c1-5-3-4-8-9(2,6)7/h5H,3-4H2,1-2H3,(H,6,7). The van der Waals surface area contributed by atoms with Crippen molar-refractivity contribution in [1.29, 1.82) is 0 Å². The molecule has 9 heavy (non-hydrogen) atoms. The van der Waals surface area contributed by atoms with Gasteiger partial charge in [0.2, 0.25) is 0 Å². The molecular weight excluding hydrogens is 141 g/mol. The second-order valence-electron chi connectivity index (χ2n) is 1.74. The number of rotatable bonds is 4. The molecule has 1 unspecified atom stereocenters. The molecule has 56 valence electrons. The van der Waals surface area contributed by atoms with Gasteiger partial charge in [0.25, 0.3) is 0 Å². The molecule has 0 fully saturated rings. The van der Waals surface area contributed by atoms with Crippen molar-refractivity contribution in [3.8, 4) is 0 Å². The van der Waals surface area contributed by atoms with E-state index in [4.69, 9.17) is 4.89 Å². The molecule has 0 saturated heterocycles. The van der Waals surface area contributed by atoms with Gasteiger partial charge < -0.3 is 14.7 Å². The summed E-state index contributed by atoms with van der Waals surface area (Å²) in [7, 11) is -1.48. The van der Waals surface area contributed by atoms with Gasteiger partial charge in [-0.25, -0.2) is 0 Å². The minimum absolute atomic E-state index is 0.279. The highest BCUT2D eigenvalue weighted by molar-refractivity contribution is 7.51. The fraction of sp³-hybridized carbons (Fsp3) is 1.00. The molecular formula is C4H12NO3P. The Kier molecular flexibility index (Phi) is 4.06. The summed E-state index contributed by atoms with van der Waals surface area (Å²) in [6, 6.07) is 0. The molecule has 0 amide bonds. The molecule has 0 aliphatic rings. The van der Waals surface area contributed by atoms with Gasteiger partial charge in [-0.1, -0.05) is 0 Å². The molecule has 0 aliphatic heterocycles. The van der Waals surface area contributed by atoms with E-state index in [9.17, 15) is 4.57 Å². The first-order valence-corrected chi connectivity index (χ1v) is 4.68. The maximum Gasteiger partial charge on any atom is 0.325 e. The average Bonchev–Trinajstić information content (AvgIpc) is 1.63. The molecule has 0 saturated carbocycles. The molecule has 4 nitrogen and oxygen atoms in total. The number of hydrogen-bond acceptors (Lipinski definition) is 3. The van der Waals surface area contributed by atoms with Crippen LogP contribution in [0.3, 0.4) is 0 Å². The molecule has 0 heterocycles. The normalized spacial score (nSPS) is 17.2. The molecule has 0 aliphatic carbocycles. The maximum atomic E-state index is 10.4. The van der Waals surface area contributed by atoms with Crippen LogP contribution in [0.4, 0.5) is 0 Å². The Morgan fingerprint density at radius 1 is 1.78 bits per heavy atom. The highest BCUT2D eigenvalue weighted by atomic mass is 31.2. The van der Waals surface area contributed by atoms with E-state index >= 15 is 0 Å². The summed E-state index contributed by atoms with van der Waals surface area (Å²) in [5.41, 5.74) is 0. The zero-order valence-electron chi connectivity index (χ0n) is 5.63. The van der Waals surface area contributed by atoms with Crippen molar-refractivity contribution in [2.45, 2.75) is 0 Å². The molecule has 1 atom stereocenters. The predicted octanol–water partition coefficient (Wildman–Crippen LogP) is 0.0376. The fourth-order valence-electron chi connectivity index (χ4n) is 0.317. The summed E-state index contributed by atoms with van der Waals surface area (Å²) >= 11 is 0. The maximum absolute atomic E-state index is 10.4. The van der Waals surface area contributed by atoms with E-state index in [0.717, 1.165) is 0 Å². The minimum atomic E-state index is -3.24. The van der Waals surface area contributed by atoms with Gasteiger partial charge in [0.05, 0.1) is 6.61 Å². The lowest BCUT2D eigenvalue weighted by Crippen LogP contribution is -2.13. The van der Waals surface area contributed by atoms with Crippen LogP contribution in [0.2, 0.25) is 0 Å². The Labute approximate surface area is 54.8 Å². The Hall–Kier alpha value is 0.110.